The van der Waals surface area contributed by atoms with Crippen molar-refractivity contribution in [2.45, 2.75) is 23.4 Å². The molecular weight excluding hydrogens is 394 g/mol. The van der Waals surface area contributed by atoms with Crippen molar-refractivity contribution in [3.63, 3.8) is 0 Å². The number of aromatic nitrogens is 2. The lowest BCUT2D eigenvalue weighted by Gasteiger charge is -2.10. The van der Waals surface area contributed by atoms with Gasteiger partial charge in [-0.15, -0.1) is 10.2 Å². The number of rotatable bonds is 7. The molecule has 1 atom stereocenters. The van der Waals surface area contributed by atoms with E-state index in [1.807, 2.05) is 31.2 Å². The number of para-hydroxylation sites is 1. The zero-order valence-electron chi connectivity index (χ0n) is 15.3. The molecule has 0 bridgehead atoms. The fraction of sp³-hybridized carbons (Fsp3) is 0.158. The lowest BCUT2D eigenvalue weighted by atomic mass is 10.2. The van der Waals surface area contributed by atoms with Crippen molar-refractivity contribution in [2.75, 3.05) is 10.6 Å². The zero-order valence-corrected chi connectivity index (χ0v) is 16.9. The van der Waals surface area contributed by atoms with Crippen LogP contribution in [0.25, 0.3) is 0 Å². The van der Waals surface area contributed by atoms with Crippen LogP contribution in [0.3, 0.4) is 0 Å². The van der Waals surface area contributed by atoms with E-state index in [9.17, 15) is 9.59 Å². The predicted octanol–water partition coefficient (Wildman–Crippen LogP) is 3.81. The number of thioether (sulfide) groups is 1. The third-order valence-corrected chi connectivity index (χ3v) is 5.90. The van der Waals surface area contributed by atoms with E-state index in [-0.39, 0.29) is 11.2 Å². The Morgan fingerprint density at radius 2 is 1.82 bits per heavy atom. The first-order chi connectivity index (χ1) is 13.4. The van der Waals surface area contributed by atoms with Crippen molar-refractivity contribution in [2.24, 2.45) is 5.73 Å². The molecule has 0 fully saturated rings. The Kier molecular flexibility index (Phi) is 6.27. The molecule has 2 amide bonds. The van der Waals surface area contributed by atoms with Gasteiger partial charge in [-0.1, -0.05) is 41.3 Å². The molecule has 1 heterocycles. The molecule has 0 saturated heterocycles. The van der Waals surface area contributed by atoms with Crippen LogP contribution in [-0.4, -0.2) is 27.3 Å². The second kappa shape index (κ2) is 8.85. The molecule has 0 radical (unpaired) electrons. The number of hydrogen-bond acceptors (Lipinski definition) is 7. The van der Waals surface area contributed by atoms with Crippen LogP contribution in [0.2, 0.25) is 0 Å². The molecule has 4 N–H and O–H groups in total. The summed E-state index contributed by atoms with van der Waals surface area (Å²) in [5.41, 5.74) is 8.29. The standard InChI is InChI=1S/C19H19N5O2S2/c1-11-5-3-4-6-15(11)22-18-23-24-19(28-18)27-12(2)17(26)21-14-9-7-13(8-10-14)16(20)25/h3-10,12H,1-2H3,(H2,20,25)(H,21,26)(H,22,23)/t12-/m1/s1. The number of nitrogens with zero attached hydrogens (tertiary/aromatic N) is 2. The summed E-state index contributed by atoms with van der Waals surface area (Å²) in [6.07, 6.45) is 0. The van der Waals surface area contributed by atoms with Crippen LogP contribution in [0.15, 0.2) is 52.9 Å². The first-order valence-electron chi connectivity index (χ1n) is 8.46. The van der Waals surface area contributed by atoms with Gasteiger partial charge in [-0.3, -0.25) is 9.59 Å². The number of anilines is 3. The Labute approximate surface area is 170 Å². The maximum Gasteiger partial charge on any atom is 0.248 e. The molecule has 144 valence electrons. The molecule has 0 aliphatic heterocycles. The molecule has 0 unspecified atom stereocenters. The molecule has 1 aromatic heterocycles. The average Bonchev–Trinajstić information content (AvgIpc) is 3.11. The van der Waals surface area contributed by atoms with Crippen LogP contribution < -0.4 is 16.4 Å². The first-order valence-corrected chi connectivity index (χ1v) is 10.2. The summed E-state index contributed by atoms with van der Waals surface area (Å²) in [7, 11) is 0. The monoisotopic (exact) mass is 413 g/mol. The van der Waals surface area contributed by atoms with E-state index in [0.717, 1.165) is 11.3 Å². The fourth-order valence-corrected chi connectivity index (χ4v) is 4.21. The van der Waals surface area contributed by atoms with E-state index in [1.54, 1.807) is 31.2 Å². The number of carbonyl (C=O) groups excluding carboxylic acids is 2. The van der Waals surface area contributed by atoms with Crippen molar-refractivity contribution >= 4 is 51.4 Å². The summed E-state index contributed by atoms with van der Waals surface area (Å²) in [5.74, 6) is -0.673. The molecule has 7 nitrogen and oxygen atoms in total. The minimum atomic E-state index is -0.506. The number of hydrogen-bond donors (Lipinski definition) is 3. The van der Waals surface area contributed by atoms with Crippen LogP contribution in [0.1, 0.15) is 22.8 Å². The van der Waals surface area contributed by atoms with Gasteiger partial charge in [0.05, 0.1) is 5.25 Å². The number of nitrogens with two attached hydrogens (primary N) is 1. The maximum atomic E-state index is 12.4. The molecule has 0 aliphatic rings. The first kappa shape index (κ1) is 19.8. The van der Waals surface area contributed by atoms with Crippen LogP contribution in [-0.2, 0) is 4.79 Å². The summed E-state index contributed by atoms with van der Waals surface area (Å²) in [4.78, 5) is 23.5. The van der Waals surface area contributed by atoms with E-state index in [4.69, 9.17) is 5.73 Å². The minimum absolute atomic E-state index is 0.166. The van der Waals surface area contributed by atoms with E-state index >= 15 is 0 Å². The smallest absolute Gasteiger partial charge is 0.248 e. The molecule has 28 heavy (non-hydrogen) atoms. The van der Waals surface area contributed by atoms with Gasteiger partial charge in [0.25, 0.3) is 0 Å². The predicted molar refractivity (Wildman–Crippen MR) is 113 cm³/mol. The molecule has 3 aromatic rings. The van der Waals surface area contributed by atoms with Gasteiger partial charge < -0.3 is 16.4 Å². The highest BCUT2D eigenvalue weighted by Gasteiger charge is 2.17. The molecule has 9 heteroatoms. The van der Waals surface area contributed by atoms with E-state index in [1.165, 1.54) is 23.1 Å². The summed E-state index contributed by atoms with van der Waals surface area (Å²) >= 11 is 2.73. The van der Waals surface area contributed by atoms with Gasteiger partial charge in [0, 0.05) is 16.9 Å². The van der Waals surface area contributed by atoms with Crippen molar-refractivity contribution in [1.29, 1.82) is 0 Å². The Morgan fingerprint density at radius 3 is 2.50 bits per heavy atom. The Hall–Kier alpha value is -2.91. The van der Waals surface area contributed by atoms with Crippen molar-refractivity contribution in [3.8, 4) is 0 Å². The van der Waals surface area contributed by atoms with Crippen molar-refractivity contribution in [3.05, 3.63) is 59.7 Å². The molecule has 3 rings (SSSR count). The van der Waals surface area contributed by atoms with E-state index < -0.39 is 5.91 Å². The van der Waals surface area contributed by atoms with Crippen LogP contribution in [0, 0.1) is 6.92 Å². The highest BCUT2D eigenvalue weighted by Crippen LogP contribution is 2.31. The molecular formula is C19H19N5O2S2. The topological polar surface area (TPSA) is 110 Å². The van der Waals surface area contributed by atoms with Crippen molar-refractivity contribution in [1.82, 2.24) is 10.2 Å². The summed E-state index contributed by atoms with van der Waals surface area (Å²) in [6, 6.07) is 14.4. The number of benzene rings is 2. The van der Waals surface area contributed by atoms with Crippen LogP contribution in [0.4, 0.5) is 16.5 Å². The quantitative estimate of drug-likeness (QED) is 0.508. The molecule has 0 aliphatic carbocycles. The summed E-state index contributed by atoms with van der Waals surface area (Å²) in [5, 5.41) is 14.6. The van der Waals surface area contributed by atoms with Gasteiger partial charge in [0.15, 0.2) is 4.34 Å². The second-order valence-electron chi connectivity index (χ2n) is 6.00. The van der Waals surface area contributed by atoms with Gasteiger partial charge >= 0.3 is 0 Å². The minimum Gasteiger partial charge on any atom is -0.366 e. The van der Waals surface area contributed by atoms with Gasteiger partial charge in [-0.05, 0) is 49.7 Å². The molecule has 0 saturated carbocycles. The number of amides is 2. The SMILES string of the molecule is Cc1ccccc1Nc1nnc(S[C@H](C)C(=O)Nc2ccc(C(N)=O)cc2)s1. The second-order valence-corrected chi connectivity index (χ2v) is 8.57. The average molecular weight is 414 g/mol. The van der Waals surface area contributed by atoms with Gasteiger partial charge in [-0.25, -0.2) is 0 Å². The van der Waals surface area contributed by atoms with E-state index in [2.05, 4.69) is 20.8 Å². The van der Waals surface area contributed by atoms with Gasteiger partial charge in [0.2, 0.25) is 16.9 Å². The fourth-order valence-electron chi connectivity index (χ4n) is 2.30. The highest BCUT2D eigenvalue weighted by molar-refractivity contribution is 8.02. The molecule has 0 spiro atoms. The number of aryl methyl sites for hydroxylation is 1. The Balaban J connectivity index is 1.57. The van der Waals surface area contributed by atoms with Gasteiger partial charge in [-0.2, -0.15) is 0 Å². The van der Waals surface area contributed by atoms with E-state index in [0.29, 0.717) is 20.7 Å². The third-order valence-electron chi connectivity index (χ3n) is 3.88. The lowest BCUT2D eigenvalue weighted by molar-refractivity contribution is -0.115. The maximum absolute atomic E-state index is 12.4. The third kappa shape index (κ3) is 5.08. The largest absolute Gasteiger partial charge is 0.366 e. The lowest BCUT2D eigenvalue weighted by Crippen LogP contribution is -2.22. The normalized spacial score (nSPS) is 11.6. The van der Waals surface area contributed by atoms with Crippen LogP contribution in [0.5, 0.6) is 0 Å². The molecule has 2 aromatic carbocycles. The number of primary amides is 1. The number of nitrogens with one attached hydrogen (secondary N) is 2. The Morgan fingerprint density at radius 1 is 1.11 bits per heavy atom. The summed E-state index contributed by atoms with van der Waals surface area (Å²) < 4.78 is 0.697. The highest BCUT2D eigenvalue weighted by atomic mass is 32.2. The number of carbonyl (C=O) groups is 2. The Bertz CT molecular complexity index is 988. The zero-order chi connectivity index (χ0) is 20.1. The van der Waals surface area contributed by atoms with Crippen molar-refractivity contribution < 1.29 is 9.59 Å². The van der Waals surface area contributed by atoms with Crippen LogP contribution >= 0.6 is 23.1 Å². The summed E-state index contributed by atoms with van der Waals surface area (Å²) in [6.45, 7) is 3.81. The van der Waals surface area contributed by atoms with Gasteiger partial charge in [0.1, 0.15) is 0 Å².